The van der Waals surface area contributed by atoms with Gasteiger partial charge in [-0.3, -0.25) is 4.79 Å². The Morgan fingerprint density at radius 2 is 2.12 bits per heavy atom. The number of fused-ring (bicyclic) bond motifs is 1. The minimum absolute atomic E-state index is 0.130. The van der Waals surface area contributed by atoms with Crippen LogP contribution in [0.1, 0.15) is 48.2 Å². The number of benzene rings is 1. The van der Waals surface area contributed by atoms with E-state index in [2.05, 4.69) is 0 Å². The number of nitrogens with two attached hydrogens (primary N) is 1. The Kier molecular flexibility index (Phi) is 2.64. The average molecular weight is 233 g/mol. The molecule has 1 aliphatic heterocycles. The molecular weight excluding hydrogens is 214 g/mol. The van der Waals surface area contributed by atoms with Crippen molar-refractivity contribution in [3.05, 3.63) is 22.8 Å². The van der Waals surface area contributed by atoms with Crippen LogP contribution in [0.25, 0.3) is 0 Å². The van der Waals surface area contributed by atoms with Crippen molar-refractivity contribution < 1.29 is 9.53 Å². The molecule has 1 aliphatic rings. The molecule has 0 saturated carbocycles. The molecule has 0 fully saturated rings. The maximum absolute atomic E-state index is 12.1. The van der Waals surface area contributed by atoms with Crippen molar-refractivity contribution in [1.29, 1.82) is 0 Å². The lowest BCUT2D eigenvalue weighted by Gasteiger charge is -2.35. The van der Waals surface area contributed by atoms with E-state index in [1.54, 1.807) is 0 Å². The first-order valence-corrected chi connectivity index (χ1v) is 6.00. The lowest BCUT2D eigenvalue weighted by atomic mass is 9.87. The molecular formula is C14H19NO2. The van der Waals surface area contributed by atoms with Gasteiger partial charge in [-0.15, -0.1) is 0 Å². The van der Waals surface area contributed by atoms with Gasteiger partial charge < -0.3 is 10.5 Å². The second-order valence-electron chi connectivity index (χ2n) is 5.11. The normalized spacial score (nSPS) is 23.2. The van der Waals surface area contributed by atoms with Gasteiger partial charge in [0.15, 0.2) is 11.5 Å². The molecule has 3 nitrogen and oxygen atoms in total. The molecule has 0 spiro atoms. The molecule has 0 saturated heterocycles. The van der Waals surface area contributed by atoms with Gasteiger partial charge in [0.2, 0.25) is 0 Å². The maximum atomic E-state index is 12.1. The number of Topliss-reactive ketones (excluding diaryl/α,β-unsaturated/α-hetero) is 1. The molecule has 0 bridgehead atoms. The number of nitrogen functional groups attached to an aromatic ring is 1. The number of hydrogen-bond donors (Lipinski definition) is 1. The maximum Gasteiger partial charge on any atom is 0.170 e. The molecule has 0 amide bonds. The lowest BCUT2D eigenvalue weighted by Crippen LogP contribution is -2.39. The molecule has 1 aromatic carbocycles. The van der Waals surface area contributed by atoms with Gasteiger partial charge >= 0.3 is 0 Å². The fraction of sp³-hybridized carbons (Fsp3) is 0.500. The molecule has 1 unspecified atom stereocenters. The molecule has 0 aliphatic carbocycles. The zero-order valence-electron chi connectivity index (χ0n) is 10.9. The summed E-state index contributed by atoms with van der Waals surface area (Å²) in [5, 5.41) is 0. The molecule has 17 heavy (non-hydrogen) atoms. The Morgan fingerprint density at radius 3 is 2.71 bits per heavy atom. The summed E-state index contributed by atoms with van der Waals surface area (Å²) < 4.78 is 5.96. The van der Waals surface area contributed by atoms with E-state index in [0.29, 0.717) is 23.4 Å². The van der Waals surface area contributed by atoms with Crippen LogP contribution >= 0.6 is 0 Å². The van der Waals surface area contributed by atoms with Crippen LogP contribution in [-0.4, -0.2) is 11.4 Å². The molecule has 0 radical (unpaired) electrons. The number of ketones is 1. The first-order chi connectivity index (χ1) is 7.88. The van der Waals surface area contributed by atoms with Gasteiger partial charge in [-0.2, -0.15) is 0 Å². The van der Waals surface area contributed by atoms with Crippen molar-refractivity contribution in [2.24, 2.45) is 0 Å². The smallest absolute Gasteiger partial charge is 0.170 e. The molecule has 1 atom stereocenters. The van der Waals surface area contributed by atoms with Crippen LogP contribution in [0.4, 0.5) is 5.69 Å². The summed E-state index contributed by atoms with van der Waals surface area (Å²) in [6.45, 7) is 7.90. The van der Waals surface area contributed by atoms with Crippen molar-refractivity contribution in [2.45, 2.75) is 46.1 Å². The van der Waals surface area contributed by atoms with Crippen molar-refractivity contribution in [2.75, 3.05) is 5.73 Å². The van der Waals surface area contributed by atoms with Crippen LogP contribution in [0.3, 0.4) is 0 Å². The van der Waals surface area contributed by atoms with Crippen LogP contribution in [0.2, 0.25) is 0 Å². The first-order valence-electron chi connectivity index (χ1n) is 6.00. The van der Waals surface area contributed by atoms with E-state index in [0.717, 1.165) is 17.5 Å². The number of ether oxygens (including phenoxy) is 1. The fourth-order valence-electron chi connectivity index (χ4n) is 2.15. The molecule has 3 heteroatoms. The molecule has 1 aromatic rings. The molecule has 92 valence electrons. The summed E-state index contributed by atoms with van der Waals surface area (Å²) >= 11 is 0. The summed E-state index contributed by atoms with van der Waals surface area (Å²) in [7, 11) is 0. The van der Waals surface area contributed by atoms with Crippen molar-refractivity contribution in [3.8, 4) is 5.75 Å². The largest absolute Gasteiger partial charge is 0.484 e. The summed E-state index contributed by atoms with van der Waals surface area (Å²) in [4.78, 5) is 12.1. The zero-order chi connectivity index (χ0) is 12.8. The van der Waals surface area contributed by atoms with Gasteiger partial charge in [0.05, 0.1) is 17.7 Å². The minimum Gasteiger partial charge on any atom is -0.484 e. The van der Waals surface area contributed by atoms with Gasteiger partial charge in [0, 0.05) is 0 Å². The quantitative estimate of drug-likeness (QED) is 0.758. The molecule has 2 N–H and O–H groups in total. The number of aryl methyl sites for hydroxylation is 1. The number of carbonyl (C=O) groups excluding carboxylic acids is 1. The van der Waals surface area contributed by atoms with Crippen LogP contribution < -0.4 is 10.5 Å². The number of anilines is 1. The zero-order valence-corrected chi connectivity index (χ0v) is 10.9. The summed E-state index contributed by atoms with van der Waals surface area (Å²) in [6.07, 6.45) is 1.23. The lowest BCUT2D eigenvalue weighted by molar-refractivity contribution is 0.0504. The predicted molar refractivity (Wildman–Crippen MR) is 68.6 cm³/mol. The monoisotopic (exact) mass is 233 g/mol. The highest BCUT2D eigenvalue weighted by atomic mass is 16.5. The topological polar surface area (TPSA) is 52.3 Å². The molecule has 2 rings (SSSR count). The Morgan fingerprint density at radius 1 is 1.47 bits per heavy atom. The molecule has 1 heterocycles. The predicted octanol–water partition coefficient (Wildman–Crippen LogP) is 3.02. The van der Waals surface area contributed by atoms with Crippen molar-refractivity contribution >= 4 is 11.5 Å². The van der Waals surface area contributed by atoms with Gasteiger partial charge in [-0.25, -0.2) is 0 Å². The van der Waals surface area contributed by atoms with E-state index in [4.69, 9.17) is 10.5 Å². The first kappa shape index (κ1) is 12.0. The third-order valence-electron chi connectivity index (χ3n) is 3.78. The number of carbonyl (C=O) groups is 1. The van der Waals surface area contributed by atoms with E-state index in [1.807, 2.05) is 33.8 Å². The number of rotatable bonds is 1. The Hall–Kier alpha value is -1.51. The highest BCUT2D eigenvalue weighted by Gasteiger charge is 2.36. The van der Waals surface area contributed by atoms with Crippen LogP contribution in [0, 0.1) is 13.8 Å². The number of hydrogen-bond acceptors (Lipinski definition) is 3. The Bertz CT molecular complexity index is 493. The third-order valence-corrected chi connectivity index (χ3v) is 3.78. The van der Waals surface area contributed by atoms with E-state index in [9.17, 15) is 4.79 Å². The highest BCUT2D eigenvalue weighted by molar-refractivity contribution is 6.02. The van der Waals surface area contributed by atoms with Gasteiger partial charge in [-0.05, 0) is 44.4 Å². The van der Waals surface area contributed by atoms with Gasteiger partial charge in [-0.1, -0.05) is 6.92 Å². The van der Waals surface area contributed by atoms with Crippen LogP contribution in [0.5, 0.6) is 5.75 Å². The standard InChI is InChI=1S/C14H19NO2/c1-5-14(4)7-11(16)10-6-8(2)9(3)12(15)13(10)17-14/h6H,5,7,15H2,1-4H3. The van der Waals surface area contributed by atoms with Crippen LogP contribution in [-0.2, 0) is 0 Å². The second kappa shape index (κ2) is 3.76. The summed E-state index contributed by atoms with van der Waals surface area (Å²) in [5.41, 5.74) is 8.93. The minimum atomic E-state index is -0.417. The average Bonchev–Trinajstić information content (AvgIpc) is 2.28. The Labute approximate surface area is 102 Å². The second-order valence-corrected chi connectivity index (χ2v) is 5.11. The molecule has 0 aromatic heterocycles. The Balaban J connectivity index is 2.62. The summed E-state index contributed by atoms with van der Waals surface area (Å²) in [5.74, 6) is 0.708. The van der Waals surface area contributed by atoms with Crippen LogP contribution in [0.15, 0.2) is 6.07 Å². The fourth-order valence-corrected chi connectivity index (χ4v) is 2.15. The van der Waals surface area contributed by atoms with Gasteiger partial charge in [0.1, 0.15) is 5.60 Å². The van der Waals surface area contributed by atoms with Crippen molar-refractivity contribution in [1.82, 2.24) is 0 Å². The van der Waals surface area contributed by atoms with E-state index in [-0.39, 0.29) is 5.78 Å². The van der Waals surface area contributed by atoms with E-state index >= 15 is 0 Å². The van der Waals surface area contributed by atoms with Crippen molar-refractivity contribution in [3.63, 3.8) is 0 Å². The third kappa shape index (κ3) is 1.79. The highest BCUT2D eigenvalue weighted by Crippen LogP contribution is 2.41. The SMILES string of the molecule is CCC1(C)CC(=O)c2cc(C)c(C)c(N)c2O1. The van der Waals surface area contributed by atoms with E-state index in [1.165, 1.54) is 0 Å². The van der Waals surface area contributed by atoms with Gasteiger partial charge in [0.25, 0.3) is 0 Å². The summed E-state index contributed by atoms with van der Waals surface area (Å²) in [6, 6.07) is 1.89. The van der Waals surface area contributed by atoms with E-state index < -0.39 is 5.60 Å².